The molecule has 1 aromatic heterocycles. The Morgan fingerprint density at radius 1 is 1.22 bits per heavy atom. The number of aromatic nitrogens is 1. The van der Waals surface area contributed by atoms with Crippen LogP contribution in [-0.4, -0.2) is 4.98 Å². The third-order valence-corrected chi connectivity index (χ3v) is 3.15. The van der Waals surface area contributed by atoms with Gasteiger partial charge in [0.1, 0.15) is 5.52 Å². The van der Waals surface area contributed by atoms with E-state index in [2.05, 4.69) is 4.98 Å². The third kappa shape index (κ3) is 1.73. The number of nitrogens with two attached hydrogens (primary N) is 1. The van der Waals surface area contributed by atoms with Crippen molar-refractivity contribution >= 4 is 28.4 Å². The molecule has 0 radical (unpaired) electrons. The van der Waals surface area contributed by atoms with Crippen LogP contribution < -0.4 is 5.73 Å². The number of rotatable bonds is 1. The van der Waals surface area contributed by atoms with Crippen molar-refractivity contribution < 1.29 is 4.42 Å². The van der Waals surface area contributed by atoms with Gasteiger partial charge in [-0.2, -0.15) is 0 Å². The summed E-state index contributed by atoms with van der Waals surface area (Å²) in [5.74, 6) is 0.518. The van der Waals surface area contributed by atoms with E-state index in [0.717, 1.165) is 22.2 Å². The molecule has 0 unspecified atom stereocenters. The zero-order chi connectivity index (χ0) is 12.7. The standard InChI is InChI=1S/C14H11ClN2O/c1-8-3-2-4-12-13(8)18-14(17-12)10-6-5-9(16)7-11(10)15/h2-7H,16H2,1H3. The first kappa shape index (κ1) is 11.1. The summed E-state index contributed by atoms with van der Waals surface area (Å²) in [6.45, 7) is 1.99. The number of aryl methyl sites for hydroxylation is 1. The van der Waals surface area contributed by atoms with Crippen molar-refractivity contribution in [2.24, 2.45) is 0 Å². The van der Waals surface area contributed by atoms with Crippen LogP contribution in [0.1, 0.15) is 5.56 Å². The van der Waals surface area contributed by atoms with E-state index in [0.29, 0.717) is 16.6 Å². The summed E-state index contributed by atoms with van der Waals surface area (Å²) in [6, 6.07) is 11.1. The number of para-hydroxylation sites is 1. The molecule has 0 aliphatic heterocycles. The SMILES string of the molecule is Cc1cccc2nc(-c3ccc(N)cc3Cl)oc12. The van der Waals surface area contributed by atoms with Gasteiger partial charge in [-0.3, -0.25) is 0 Å². The van der Waals surface area contributed by atoms with Gasteiger partial charge in [-0.15, -0.1) is 0 Å². The Labute approximate surface area is 109 Å². The van der Waals surface area contributed by atoms with Crippen LogP contribution in [0.5, 0.6) is 0 Å². The number of hydrogen-bond donors (Lipinski definition) is 1. The lowest BCUT2D eigenvalue weighted by atomic mass is 10.2. The molecule has 18 heavy (non-hydrogen) atoms. The van der Waals surface area contributed by atoms with Crippen LogP contribution in [0.2, 0.25) is 5.02 Å². The molecule has 4 heteroatoms. The van der Waals surface area contributed by atoms with E-state index in [1.54, 1.807) is 12.1 Å². The molecular formula is C14H11ClN2O. The molecule has 3 nitrogen and oxygen atoms in total. The van der Waals surface area contributed by atoms with Gasteiger partial charge < -0.3 is 10.2 Å². The fraction of sp³-hybridized carbons (Fsp3) is 0.0714. The molecule has 0 fully saturated rings. The lowest BCUT2D eigenvalue weighted by Crippen LogP contribution is -1.85. The molecule has 2 aromatic carbocycles. The summed E-state index contributed by atoms with van der Waals surface area (Å²) in [4.78, 5) is 4.44. The monoisotopic (exact) mass is 258 g/mol. The van der Waals surface area contributed by atoms with Crippen molar-refractivity contribution in [2.75, 3.05) is 5.73 Å². The highest BCUT2D eigenvalue weighted by molar-refractivity contribution is 6.33. The van der Waals surface area contributed by atoms with E-state index in [4.69, 9.17) is 21.8 Å². The second-order valence-electron chi connectivity index (χ2n) is 4.18. The predicted octanol–water partition coefficient (Wildman–Crippen LogP) is 4.04. The smallest absolute Gasteiger partial charge is 0.228 e. The van der Waals surface area contributed by atoms with Crippen LogP contribution in [0, 0.1) is 6.92 Å². The molecule has 0 saturated carbocycles. The Kier molecular flexibility index (Phi) is 2.49. The van der Waals surface area contributed by atoms with E-state index >= 15 is 0 Å². The van der Waals surface area contributed by atoms with Crippen molar-refractivity contribution in [1.29, 1.82) is 0 Å². The summed E-state index contributed by atoms with van der Waals surface area (Å²) in [5.41, 5.74) is 9.72. The van der Waals surface area contributed by atoms with Crippen molar-refractivity contribution in [3.8, 4) is 11.5 Å². The van der Waals surface area contributed by atoms with Crippen molar-refractivity contribution in [3.63, 3.8) is 0 Å². The Balaban J connectivity index is 2.23. The first-order valence-electron chi connectivity index (χ1n) is 5.57. The van der Waals surface area contributed by atoms with Gasteiger partial charge in [0.05, 0.1) is 10.6 Å². The minimum absolute atomic E-state index is 0.518. The maximum atomic E-state index is 6.15. The van der Waals surface area contributed by atoms with Gasteiger partial charge in [0.25, 0.3) is 0 Å². The number of fused-ring (bicyclic) bond motifs is 1. The van der Waals surface area contributed by atoms with E-state index in [1.165, 1.54) is 0 Å². The number of anilines is 1. The normalized spacial score (nSPS) is 11.0. The molecule has 0 spiro atoms. The average molecular weight is 259 g/mol. The molecular weight excluding hydrogens is 248 g/mol. The van der Waals surface area contributed by atoms with Crippen molar-refractivity contribution in [2.45, 2.75) is 6.92 Å². The molecule has 0 bridgehead atoms. The third-order valence-electron chi connectivity index (χ3n) is 2.84. The lowest BCUT2D eigenvalue weighted by Gasteiger charge is -2.00. The molecule has 90 valence electrons. The molecule has 0 amide bonds. The zero-order valence-electron chi connectivity index (χ0n) is 9.77. The fourth-order valence-electron chi connectivity index (χ4n) is 1.91. The number of nitrogens with zero attached hydrogens (tertiary/aromatic N) is 1. The Hall–Kier alpha value is -2.00. The Morgan fingerprint density at radius 3 is 2.78 bits per heavy atom. The second kappa shape index (κ2) is 4.03. The van der Waals surface area contributed by atoms with Gasteiger partial charge in [0.2, 0.25) is 5.89 Å². The number of oxazole rings is 1. The first-order chi connectivity index (χ1) is 8.65. The Morgan fingerprint density at radius 2 is 2.06 bits per heavy atom. The van der Waals surface area contributed by atoms with E-state index < -0.39 is 0 Å². The van der Waals surface area contributed by atoms with E-state index in [-0.39, 0.29) is 0 Å². The van der Waals surface area contributed by atoms with E-state index in [1.807, 2.05) is 31.2 Å². The highest BCUT2D eigenvalue weighted by Crippen LogP contribution is 2.32. The summed E-state index contributed by atoms with van der Waals surface area (Å²) < 4.78 is 5.77. The average Bonchev–Trinajstić information content (AvgIpc) is 2.74. The molecule has 3 aromatic rings. The van der Waals surface area contributed by atoms with Crippen LogP contribution >= 0.6 is 11.6 Å². The molecule has 3 rings (SSSR count). The van der Waals surface area contributed by atoms with Crippen LogP contribution in [-0.2, 0) is 0 Å². The van der Waals surface area contributed by atoms with Gasteiger partial charge in [-0.25, -0.2) is 4.98 Å². The quantitative estimate of drug-likeness (QED) is 0.670. The number of hydrogen-bond acceptors (Lipinski definition) is 3. The highest BCUT2D eigenvalue weighted by Gasteiger charge is 2.12. The second-order valence-corrected chi connectivity index (χ2v) is 4.59. The van der Waals surface area contributed by atoms with Gasteiger partial charge in [0, 0.05) is 5.69 Å². The number of nitrogen functional groups attached to an aromatic ring is 1. The van der Waals surface area contributed by atoms with Gasteiger partial charge in [0.15, 0.2) is 5.58 Å². The topological polar surface area (TPSA) is 52.0 Å². The van der Waals surface area contributed by atoms with Crippen LogP contribution in [0.15, 0.2) is 40.8 Å². The van der Waals surface area contributed by atoms with Crippen molar-refractivity contribution in [1.82, 2.24) is 4.98 Å². The Bertz CT molecular complexity index is 734. The largest absolute Gasteiger partial charge is 0.436 e. The summed E-state index contributed by atoms with van der Waals surface area (Å²) >= 11 is 6.15. The minimum atomic E-state index is 0.518. The maximum Gasteiger partial charge on any atom is 0.228 e. The van der Waals surface area contributed by atoms with E-state index in [9.17, 15) is 0 Å². The zero-order valence-corrected chi connectivity index (χ0v) is 10.5. The molecule has 0 aliphatic carbocycles. The number of benzene rings is 2. The van der Waals surface area contributed by atoms with Crippen LogP contribution in [0.3, 0.4) is 0 Å². The molecule has 1 heterocycles. The predicted molar refractivity (Wildman–Crippen MR) is 73.6 cm³/mol. The lowest BCUT2D eigenvalue weighted by molar-refractivity contribution is 0.617. The highest BCUT2D eigenvalue weighted by atomic mass is 35.5. The molecule has 0 aliphatic rings. The van der Waals surface area contributed by atoms with Crippen molar-refractivity contribution in [3.05, 3.63) is 47.0 Å². The van der Waals surface area contributed by atoms with Crippen LogP contribution in [0.25, 0.3) is 22.6 Å². The van der Waals surface area contributed by atoms with Gasteiger partial charge in [-0.05, 0) is 36.8 Å². The fourth-order valence-corrected chi connectivity index (χ4v) is 2.18. The number of halogens is 1. The maximum absolute atomic E-state index is 6.15. The van der Waals surface area contributed by atoms with Gasteiger partial charge in [-0.1, -0.05) is 23.7 Å². The summed E-state index contributed by atoms with van der Waals surface area (Å²) in [6.07, 6.45) is 0. The van der Waals surface area contributed by atoms with Gasteiger partial charge >= 0.3 is 0 Å². The molecule has 2 N–H and O–H groups in total. The molecule has 0 saturated heterocycles. The molecule has 0 atom stereocenters. The summed E-state index contributed by atoms with van der Waals surface area (Å²) in [5, 5.41) is 0.541. The minimum Gasteiger partial charge on any atom is -0.436 e. The first-order valence-corrected chi connectivity index (χ1v) is 5.94. The van der Waals surface area contributed by atoms with Crippen LogP contribution in [0.4, 0.5) is 5.69 Å². The summed E-state index contributed by atoms with van der Waals surface area (Å²) in [7, 11) is 0.